The van der Waals surface area contributed by atoms with E-state index in [-0.39, 0.29) is 34.8 Å². The molecule has 1 saturated carbocycles. The predicted molar refractivity (Wildman–Crippen MR) is 97.0 cm³/mol. The summed E-state index contributed by atoms with van der Waals surface area (Å²) in [7, 11) is 1.76. The maximum Gasteiger partial charge on any atom is 0.191 e. The van der Waals surface area contributed by atoms with Crippen molar-refractivity contribution in [3.8, 4) is 0 Å². The highest BCUT2D eigenvalue weighted by Gasteiger charge is 2.14. The first kappa shape index (κ1) is 18.5. The normalized spacial score (nSPS) is 16.2. The van der Waals surface area contributed by atoms with Crippen LogP contribution in [0.5, 0.6) is 0 Å². The number of hydrogen-bond donors (Lipinski definition) is 2. The van der Waals surface area contributed by atoms with Crippen molar-refractivity contribution in [1.82, 2.24) is 10.6 Å². The fourth-order valence-electron chi connectivity index (χ4n) is 2.47. The molecular weight excluding hydrogens is 404 g/mol. The zero-order chi connectivity index (χ0) is 14.4. The lowest BCUT2D eigenvalue weighted by Gasteiger charge is -2.24. The van der Waals surface area contributed by atoms with Crippen LogP contribution in [-0.2, 0) is 6.54 Å². The molecule has 1 aliphatic carbocycles. The average Bonchev–Trinajstić information content (AvgIpc) is 2.48. The summed E-state index contributed by atoms with van der Waals surface area (Å²) in [4.78, 5) is 4.22. The van der Waals surface area contributed by atoms with Crippen molar-refractivity contribution in [3.63, 3.8) is 0 Å². The Kier molecular flexibility index (Phi) is 8.33. The molecule has 0 unspecified atom stereocenters. The van der Waals surface area contributed by atoms with E-state index in [9.17, 15) is 4.39 Å². The molecule has 21 heavy (non-hydrogen) atoms. The maximum absolute atomic E-state index is 13.1. The summed E-state index contributed by atoms with van der Waals surface area (Å²) >= 11 is 5.77. The lowest BCUT2D eigenvalue weighted by molar-refractivity contribution is 0.410. The minimum Gasteiger partial charge on any atom is -0.354 e. The van der Waals surface area contributed by atoms with Crippen LogP contribution in [0.4, 0.5) is 4.39 Å². The smallest absolute Gasteiger partial charge is 0.191 e. The van der Waals surface area contributed by atoms with E-state index in [1.165, 1.54) is 38.2 Å². The van der Waals surface area contributed by atoms with Crippen molar-refractivity contribution in [2.24, 2.45) is 4.99 Å². The van der Waals surface area contributed by atoms with Gasteiger partial charge in [0.1, 0.15) is 5.82 Å². The molecule has 1 aromatic rings. The number of guanidine groups is 1. The third-order valence-electron chi connectivity index (χ3n) is 3.61. The van der Waals surface area contributed by atoms with E-state index in [4.69, 9.17) is 11.6 Å². The van der Waals surface area contributed by atoms with Crippen molar-refractivity contribution in [2.75, 3.05) is 7.05 Å². The van der Waals surface area contributed by atoms with Gasteiger partial charge in [-0.2, -0.15) is 0 Å². The minimum absolute atomic E-state index is 0. The Balaban J connectivity index is 0.00000220. The monoisotopic (exact) mass is 425 g/mol. The van der Waals surface area contributed by atoms with Gasteiger partial charge >= 0.3 is 0 Å². The third kappa shape index (κ3) is 5.98. The molecule has 0 heterocycles. The number of benzene rings is 1. The molecule has 0 aromatic heterocycles. The van der Waals surface area contributed by atoms with Gasteiger partial charge in [0.05, 0.1) is 5.02 Å². The first-order chi connectivity index (χ1) is 9.69. The summed E-state index contributed by atoms with van der Waals surface area (Å²) in [5.41, 5.74) is 0.933. The zero-order valence-electron chi connectivity index (χ0n) is 12.2. The van der Waals surface area contributed by atoms with Crippen LogP contribution in [-0.4, -0.2) is 19.0 Å². The maximum atomic E-state index is 13.1. The fraction of sp³-hybridized carbons (Fsp3) is 0.533. The van der Waals surface area contributed by atoms with Gasteiger partial charge in [0.15, 0.2) is 5.96 Å². The molecule has 0 radical (unpaired) electrons. The van der Waals surface area contributed by atoms with E-state index in [1.807, 2.05) is 0 Å². The highest BCUT2D eigenvalue weighted by molar-refractivity contribution is 14.0. The second kappa shape index (κ2) is 9.46. The Labute approximate surface area is 147 Å². The lowest BCUT2D eigenvalue weighted by Crippen LogP contribution is -2.43. The van der Waals surface area contributed by atoms with Gasteiger partial charge in [0.2, 0.25) is 0 Å². The van der Waals surface area contributed by atoms with Crippen molar-refractivity contribution in [3.05, 3.63) is 34.6 Å². The molecule has 0 saturated heterocycles. The number of rotatable bonds is 3. The molecule has 0 atom stereocenters. The van der Waals surface area contributed by atoms with E-state index >= 15 is 0 Å². The van der Waals surface area contributed by atoms with Crippen LogP contribution in [0.2, 0.25) is 5.02 Å². The summed E-state index contributed by atoms with van der Waals surface area (Å²) in [6.45, 7) is 0.576. The van der Waals surface area contributed by atoms with Gasteiger partial charge in [-0.15, -0.1) is 24.0 Å². The molecule has 0 amide bonds. The van der Waals surface area contributed by atoms with Crippen LogP contribution in [0.3, 0.4) is 0 Å². The summed E-state index contributed by atoms with van der Waals surface area (Å²) < 4.78 is 13.1. The van der Waals surface area contributed by atoms with Crippen molar-refractivity contribution < 1.29 is 4.39 Å². The molecule has 2 N–H and O–H groups in total. The molecular formula is C15H22ClFIN3. The molecule has 2 rings (SSSR count). The van der Waals surface area contributed by atoms with Gasteiger partial charge in [0, 0.05) is 19.6 Å². The van der Waals surface area contributed by atoms with Crippen LogP contribution in [0, 0.1) is 5.82 Å². The molecule has 118 valence electrons. The van der Waals surface area contributed by atoms with Crippen LogP contribution in [0.1, 0.15) is 37.7 Å². The standard InChI is InChI=1S/C15H21ClFN3.HI/c1-18-15(20-12-5-3-2-4-6-12)19-10-11-7-8-14(17)13(16)9-11;/h7-9,12H,2-6,10H2,1H3,(H2,18,19,20);1H. The Morgan fingerprint density at radius 1 is 1.33 bits per heavy atom. The van der Waals surface area contributed by atoms with E-state index in [1.54, 1.807) is 19.2 Å². The largest absolute Gasteiger partial charge is 0.354 e. The first-order valence-electron chi connectivity index (χ1n) is 7.10. The molecule has 1 aliphatic rings. The number of hydrogen-bond acceptors (Lipinski definition) is 1. The van der Waals surface area contributed by atoms with Gasteiger partial charge in [-0.25, -0.2) is 4.39 Å². The van der Waals surface area contributed by atoms with Gasteiger partial charge in [0.25, 0.3) is 0 Å². The summed E-state index contributed by atoms with van der Waals surface area (Å²) in [5, 5.41) is 6.82. The van der Waals surface area contributed by atoms with E-state index in [0.717, 1.165) is 11.5 Å². The lowest BCUT2D eigenvalue weighted by atomic mass is 9.96. The van der Waals surface area contributed by atoms with Crippen LogP contribution >= 0.6 is 35.6 Å². The molecule has 1 aromatic carbocycles. The molecule has 3 nitrogen and oxygen atoms in total. The van der Waals surface area contributed by atoms with Gasteiger partial charge in [-0.3, -0.25) is 4.99 Å². The number of aliphatic imine (C=N–C) groups is 1. The predicted octanol–water partition coefficient (Wildman–Crippen LogP) is 4.09. The van der Waals surface area contributed by atoms with Crippen LogP contribution < -0.4 is 10.6 Å². The molecule has 0 aliphatic heterocycles. The van der Waals surface area contributed by atoms with E-state index < -0.39 is 0 Å². The second-order valence-corrected chi connectivity index (χ2v) is 5.56. The fourth-order valence-corrected chi connectivity index (χ4v) is 2.67. The number of nitrogens with one attached hydrogen (secondary N) is 2. The molecule has 1 fully saturated rings. The van der Waals surface area contributed by atoms with Crippen LogP contribution in [0.15, 0.2) is 23.2 Å². The first-order valence-corrected chi connectivity index (χ1v) is 7.48. The number of nitrogens with zero attached hydrogens (tertiary/aromatic N) is 1. The minimum atomic E-state index is -0.389. The number of halogens is 3. The SMILES string of the molecule is CN=C(NCc1ccc(F)c(Cl)c1)NC1CCCCC1.I. The highest BCUT2D eigenvalue weighted by atomic mass is 127. The van der Waals surface area contributed by atoms with Crippen LogP contribution in [0.25, 0.3) is 0 Å². The Morgan fingerprint density at radius 2 is 2.05 bits per heavy atom. The summed E-state index contributed by atoms with van der Waals surface area (Å²) in [6.07, 6.45) is 6.29. The molecule has 0 bridgehead atoms. The Morgan fingerprint density at radius 3 is 2.67 bits per heavy atom. The molecule has 6 heteroatoms. The van der Waals surface area contributed by atoms with E-state index in [2.05, 4.69) is 15.6 Å². The highest BCUT2D eigenvalue weighted by Crippen LogP contribution is 2.17. The summed E-state index contributed by atoms with van der Waals surface area (Å²) in [5.74, 6) is 0.400. The second-order valence-electron chi connectivity index (χ2n) is 5.15. The van der Waals surface area contributed by atoms with Gasteiger partial charge < -0.3 is 10.6 Å². The van der Waals surface area contributed by atoms with Crippen molar-refractivity contribution in [2.45, 2.75) is 44.7 Å². The average molecular weight is 426 g/mol. The molecule has 0 spiro atoms. The van der Waals surface area contributed by atoms with Gasteiger partial charge in [-0.1, -0.05) is 36.9 Å². The van der Waals surface area contributed by atoms with Gasteiger partial charge in [-0.05, 0) is 30.5 Å². The quantitative estimate of drug-likeness (QED) is 0.435. The zero-order valence-corrected chi connectivity index (χ0v) is 15.2. The Hall–Kier alpha value is -0.560. The topological polar surface area (TPSA) is 36.4 Å². The van der Waals surface area contributed by atoms with Crippen molar-refractivity contribution >= 4 is 41.5 Å². The Bertz CT molecular complexity index is 476. The van der Waals surface area contributed by atoms with E-state index in [0.29, 0.717) is 12.6 Å². The third-order valence-corrected chi connectivity index (χ3v) is 3.90. The summed E-state index contributed by atoms with van der Waals surface area (Å²) in [6, 6.07) is 5.25. The van der Waals surface area contributed by atoms with Crippen molar-refractivity contribution in [1.29, 1.82) is 0 Å².